The van der Waals surface area contributed by atoms with Crippen LogP contribution in [0.25, 0.3) is 11.3 Å². The van der Waals surface area contributed by atoms with Gasteiger partial charge in [-0.25, -0.2) is 8.78 Å². The van der Waals surface area contributed by atoms with Crippen LogP contribution in [0.1, 0.15) is 5.69 Å². The van der Waals surface area contributed by atoms with E-state index in [2.05, 4.69) is 4.98 Å². The van der Waals surface area contributed by atoms with E-state index in [1.54, 1.807) is 12.1 Å². The fourth-order valence-corrected chi connectivity index (χ4v) is 1.45. The number of nitrogens with zero attached hydrogens (tertiary/aromatic N) is 1. The lowest BCUT2D eigenvalue weighted by Crippen LogP contribution is -1.95. The van der Waals surface area contributed by atoms with Gasteiger partial charge in [-0.2, -0.15) is 0 Å². The number of benzene rings is 1. The quantitative estimate of drug-likeness (QED) is 0.845. The van der Waals surface area contributed by atoms with E-state index >= 15 is 0 Å². The summed E-state index contributed by atoms with van der Waals surface area (Å²) in [4.78, 5) is 3.95. The third-order valence-electron chi connectivity index (χ3n) is 2.19. The Kier molecular flexibility index (Phi) is 2.92. The van der Waals surface area contributed by atoms with E-state index in [1.165, 1.54) is 24.3 Å². The lowest BCUT2D eigenvalue weighted by Gasteiger charge is -2.05. The van der Waals surface area contributed by atoms with Crippen LogP contribution in [0.3, 0.4) is 0 Å². The molecule has 0 spiro atoms. The van der Waals surface area contributed by atoms with Crippen molar-refractivity contribution in [1.82, 2.24) is 4.98 Å². The predicted molar refractivity (Wildman–Crippen MR) is 55.5 cm³/mol. The first-order valence-corrected chi connectivity index (χ1v) is 4.73. The van der Waals surface area contributed by atoms with Crippen LogP contribution in [-0.2, 0) is 6.61 Å². The van der Waals surface area contributed by atoms with Crippen LogP contribution in [0.2, 0.25) is 0 Å². The minimum absolute atomic E-state index is 0.169. The van der Waals surface area contributed by atoms with E-state index in [4.69, 9.17) is 5.11 Å². The Morgan fingerprint density at radius 2 is 1.62 bits per heavy atom. The van der Waals surface area contributed by atoms with Crippen molar-refractivity contribution in [2.75, 3.05) is 0 Å². The Hall–Kier alpha value is -1.81. The van der Waals surface area contributed by atoms with Gasteiger partial charge in [-0.05, 0) is 24.3 Å². The highest BCUT2D eigenvalue weighted by atomic mass is 19.1. The molecule has 1 aromatic carbocycles. The summed E-state index contributed by atoms with van der Waals surface area (Å²) in [6, 6.07) is 8.32. The average Bonchev–Trinajstić information content (AvgIpc) is 2.29. The highest BCUT2D eigenvalue weighted by molar-refractivity contribution is 5.60. The van der Waals surface area contributed by atoms with E-state index in [-0.39, 0.29) is 17.9 Å². The van der Waals surface area contributed by atoms with Crippen molar-refractivity contribution >= 4 is 0 Å². The molecule has 16 heavy (non-hydrogen) atoms. The summed E-state index contributed by atoms with van der Waals surface area (Å²) in [6.45, 7) is -0.260. The molecule has 1 aromatic heterocycles. The lowest BCUT2D eigenvalue weighted by molar-refractivity contribution is 0.277. The summed E-state index contributed by atoms with van der Waals surface area (Å²) in [5.74, 6) is -1.33. The number of halogens is 2. The van der Waals surface area contributed by atoms with Crippen molar-refractivity contribution < 1.29 is 13.9 Å². The normalized spacial score (nSPS) is 10.4. The minimum Gasteiger partial charge on any atom is -0.390 e. The molecule has 2 rings (SSSR count). The van der Waals surface area contributed by atoms with Crippen LogP contribution in [0, 0.1) is 11.6 Å². The standard InChI is InChI=1S/C12H9F2NO/c13-9-4-2-5-10(14)12(9)11-6-1-3-8(7-16)15-11/h1-6,16H,7H2. The molecule has 1 heterocycles. The minimum atomic E-state index is -0.664. The highest BCUT2D eigenvalue weighted by Gasteiger charge is 2.12. The van der Waals surface area contributed by atoms with Crippen molar-refractivity contribution in [3.05, 3.63) is 53.7 Å². The highest BCUT2D eigenvalue weighted by Crippen LogP contribution is 2.24. The molecular formula is C12H9F2NO. The number of hydrogen-bond acceptors (Lipinski definition) is 2. The summed E-state index contributed by atoms with van der Waals surface area (Å²) in [5, 5.41) is 8.90. The lowest BCUT2D eigenvalue weighted by atomic mass is 10.1. The van der Waals surface area contributed by atoms with Gasteiger partial charge in [0.25, 0.3) is 0 Å². The van der Waals surface area contributed by atoms with Gasteiger partial charge in [-0.15, -0.1) is 0 Å². The van der Waals surface area contributed by atoms with Crippen LogP contribution in [0.15, 0.2) is 36.4 Å². The molecule has 0 saturated heterocycles. The maximum atomic E-state index is 13.4. The molecule has 2 nitrogen and oxygen atoms in total. The van der Waals surface area contributed by atoms with Crippen molar-refractivity contribution in [3.63, 3.8) is 0 Å². The van der Waals surface area contributed by atoms with E-state index in [9.17, 15) is 8.78 Å². The number of hydrogen-bond donors (Lipinski definition) is 1. The molecule has 1 N–H and O–H groups in total. The molecule has 2 aromatic rings. The second-order valence-corrected chi connectivity index (χ2v) is 3.27. The number of pyridine rings is 1. The zero-order valence-electron chi connectivity index (χ0n) is 8.32. The molecule has 0 aliphatic rings. The van der Waals surface area contributed by atoms with E-state index in [0.717, 1.165) is 0 Å². The molecule has 0 bridgehead atoms. The molecule has 0 atom stereocenters. The molecule has 0 saturated carbocycles. The van der Waals surface area contributed by atoms with Gasteiger partial charge >= 0.3 is 0 Å². The van der Waals surface area contributed by atoms with Gasteiger partial charge in [0, 0.05) is 0 Å². The van der Waals surface area contributed by atoms with Crippen LogP contribution < -0.4 is 0 Å². The maximum absolute atomic E-state index is 13.4. The molecule has 0 amide bonds. The molecule has 0 radical (unpaired) electrons. The Morgan fingerprint density at radius 3 is 2.25 bits per heavy atom. The molecule has 0 aliphatic carbocycles. The van der Waals surface area contributed by atoms with Gasteiger partial charge < -0.3 is 5.11 Å². The maximum Gasteiger partial charge on any atom is 0.135 e. The first-order chi connectivity index (χ1) is 7.72. The molecule has 82 valence electrons. The monoisotopic (exact) mass is 221 g/mol. The van der Waals surface area contributed by atoms with Crippen LogP contribution in [0.4, 0.5) is 8.78 Å². The summed E-state index contributed by atoms with van der Waals surface area (Å²) in [7, 11) is 0. The van der Waals surface area contributed by atoms with Gasteiger partial charge in [-0.1, -0.05) is 12.1 Å². The summed E-state index contributed by atoms with van der Waals surface area (Å²) in [6.07, 6.45) is 0. The Morgan fingerprint density at radius 1 is 1.00 bits per heavy atom. The summed E-state index contributed by atoms with van der Waals surface area (Å²) in [5.41, 5.74) is 0.389. The summed E-state index contributed by atoms with van der Waals surface area (Å²) < 4.78 is 26.9. The fraction of sp³-hybridized carbons (Fsp3) is 0.0833. The van der Waals surface area contributed by atoms with E-state index in [0.29, 0.717) is 5.69 Å². The first kappa shape index (κ1) is 10.7. The number of aromatic nitrogens is 1. The van der Waals surface area contributed by atoms with Gasteiger partial charge in [0.1, 0.15) is 11.6 Å². The second-order valence-electron chi connectivity index (χ2n) is 3.27. The Balaban J connectivity index is 2.58. The van der Waals surface area contributed by atoms with Gasteiger partial charge in [0.15, 0.2) is 0 Å². The van der Waals surface area contributed by atoms with Crippen LogP contribution in [0.5, 0.6) is 0 Å². The smallest absolute Gasteiger partial charge is 0.135 e. The van der Waals surface area contributed by atoms with E-state index < -0.39 is 11.6 Å². The molecule has 0 aliphatic heterocycles. The fourth-order valence-electron chi connectivity index (χ4n) is 1.45. The van der Waals surface area contributed by atoms with Crippen molar-refractivity contribution in [3.8, 4) is 11.3 Å². The van der Waals surface area contributed by atoms with Gasteiger partial charge in [0.05, 0.1) is 23.6 Å². The molecule has 0 unspecified atom stereocenters. The Bertz CT molecular complexity index is 494. The zero-order chi connectivity index (χ0) is 11.5. The van der Waals surface area contributed by atoms with Crippen molar-refractivity contribution in [1.29, 1.82) is 0 Å². The molecular weight excluding hydrogens is 212 g/mol. The first-order valence-electron chi connectivity index (χ1n) is 4.73. The predicted octanol–water partition coefficient (Wildman–Crippen LogP) is 2.52. The average molecular weight is 221 g/mol. The summed E-state index contributed by atoms with van der Waals surface area (Å²) >= 11 is 0. The van der Waals surface area contributed by atoms with Gasteiger partial charge in [-0.3, -0.25) is 4.98 Å². The Labute approximate surface area is 91.2 Å². The van der Waals surface area contributed by atoms with E-state index in [1.807, 2.05) is 0 Å². The number of aliphatic hydroxyl groups excluding tert-OH is 1. The number of aliphatic hydroxyl groups is 1. The SMILES string of the molecule is OCc1cccc(-c2c(F)cccc2F)n1. The molecule has 4 heteroatoms. The largest absolute Gasteiger partial charge is 0.390 e. The van der Waals surface area contributed by atoms with Crippen LogP contribution in [-0.4, -0.2) is 10.1 Å². The third kappa shape index (κ3) is 1.92. The van der Waals surface area contributed by atoms with Gasteiger partial charge in [0.2, 0.25) is 0 Å². The molecule has 0 fully saturated rings. The zero-order valence-corrected chi connectivity index (χ0v) is 8.32. The second kappa shape index (κ2) is 4.37. The number of rotatable bonds is 2. The van der Waals surface area contributed by atoms with Crippen molar-refractivity contribution in [2.24, 2.45) is 0 Å². The third-order valence-corrected chi connectivity index (χ3v) is 2.19. The van der Waals surface area contributed by atoms with Crippen LogP contribution >= 0.6 is 0 Å². The topological polar surface area (TPSA) is 33.1 Å². The van der Waals surface area contributed by atoms with Crippen molar-refractivity contribution in [2.45, 2.75) is 6.61 Å².